The fourth-order valence-electron chi connectivity index (χ4n) is 3.93. The summed E-state index contributed by atoms with van der Waals surface area (Å²) in [5.74, 6) is -0.317. The van der Waals surface area contributed by atoms with E-state index in [2.05, 4.69) is 38.8 Å². The summed E-state index contributed by atoms with van der Waals surface area (Å²) in [5, 5.41) is 11.8. The normalized spacial score (nSPS) is 14.9. The van der Waals surface area contributed by atoms with E-state index in [4.69, 9.17) is 14.6 Å². The van der Waals surface area contributed by atoms with E-state index in [1.807, 2.05) is 20.8 Å². The molecule has 1 aliphatic heterocycles. The van der Waals surface area contributed by atoms with Crippen molar-refractivity contribution in [2.45, 2.75) is 79.1 Å². The van der Waals surface area contributed by atoms with Crippen molar-refractivity contribution in [3.8, 4) is 0 Å². The second-order valence-corrected chi connectivity index (χ2v) is 14.0. The monoisotopic (exact) mass is 395 g/mol. The zero-order chi connectivity index (χ0) is 21.2. The standard InChI is InChI=1S/C20H33NO3Si.CH4O/c1-12-14-10-21-11-15(14)13(2)18(25(7,8)9)16(12)17(19(22)23-6)24-20(3,4)5;1-2/h17,21H,10-11H2,1-9H3;2H,1H3/t17-;/m0./s1. The topological polar surface area (TPSA) is 67.8 Å². The van der Waals surface area contributed by atoms with Gasteiger partial charge in [-0.1, -0.05) is 24.8 Å². The molecule has 27 heavy (non-hydrogen) atoms. The van der Waals surface area contributed by atoms with Crippen LogP contribution in [0.25, 0.3) is 0 Å². The number of esters is 1. The van der Waals surface area contributed by atoms with Gasteiger partial charge in [-0.2, -0.15) is 0 Å². The fourth-order valence-corrected chi connectivity index (χ4v) is 6.33. The van der Waals surface area contributed by atoms with E-state index in [1.165, 1.54) is 34.6 Å². The van der Waals surface area contributed by atoms with Crippen LogP contribution in [0.1, 0.15) is 54.7 Å². The molecule has 0 spiro atoms. The van der Waals surface area contributed by atoms with E-state index >= 15 is 0 Å². The maximum atomic E-state index is 12.7. The van der Waals surface area contributed by atoms with Crippen LogP contribution >= 0.6 is 0 Å². The fraction of sp³-hybridized carbons (Fsp3) is 0.667. The molecule has 0 radical (unpaired) electrons. The number of nitrogens with one attached hydrogen (secondary N) is 1. The minimum Gasteiger partial charge on any atom is -0.467 e. The van der Waals surface area contributed by atoms with Gasteiger partial charge in [0.05, 0.1) is 20.8 Å². The van der Waals surface area contributed by atoms with E-state index in [0.29, 0.717) is 0 Å². The lowest BCUT2D eigenvalue weighted by atomic mass is 9.91. The molecule has 1 aromatic carbocycles. The Morgan fingerprint density at radius 1 is 1.07 bits per heavy atom. The Morgan fingerprint density at radius 3 is 1.96 bits per heavy atom. The van der Waals surface area contributed by atoms with Gasteiger partial charge in [0.1, 0.15) is 0 Å². The highest BCUT2D eigenvalue weighted by molar-refractivity contribution is 6.89. The van der Waals surface area contributed by atoms with Crippen LogP contribution in [0.4, 0.5) is 0 Å². The summed E-state index contributed by atoms with van der Waals surface area (Å²) >= 11 is 0. The number of rotatable bonds is 4. The summed E-state index contributed by atoms with van der Waals surface area (Å²) in [6, 6.07) is 0. The number of carbonyl (C=O) groups is 1. The summed E-state index contributed by atoms with van der Waals surface area (Å²) < 4.78 is 11.4. The molecule has 0 saturated carbocycles. The van der Waals surface area contributed by atoms with Crippen LogP contribution in [0, 0.1) is 13.8 Å². The van der Waals surface area contributed by atoms with Crippen molar-refractivity contribution in [2.24, 2.45) is 0 Å². The third kappa shape index (κ3) is 5.19. The van der Waals surface area contributed by atoms with E-state index in [1.54, 1.807) is 0 Å². The first-order chi connectivity index (χ1) is 12.4. The lowest BCUT2D eigenvalue weighted by Crippen LogP contribution is -2.46. The Hall–Kier alpha value is -1.21. The highest BCUT2D eigenvalue weighted by Crippen LogP contribution is 2.34. The molecule has 0 unspecified atom stereocenters. The molecular weight excluding hydrogens is 358 g/mol. The third-order valence-corrected chi connectivity index (χ3v) is 6.96. The number of benzene rings is 1. The van der Waals surface area contributed by atoms with Gasteiger partial charge in [0.25, 0.3) is 0 Å². The smallest absolute Gasteiger partial charge is 0.339 e. The van der Waals surface area contributed by atoms with Gasteiger partial charge in [0.15, 0.2) is 6.10 Å². The molecule has 0 bridgehead atoms. The number of ether oxygens (including phenoxy) is 2. The number of fused-ring (bicyclic) bond motifs is 1. The number of aliphatic hydroxyl groups is 1. The zero-order valence-electron chi connectivity index (χ0n) is 18.7. The molecule has 0 aliphatic carbocycles. The molecule has 0 saturated heterocycles. The molecule has 5 nitrogen and oxygen atoms in total. The van der Waals surface area contributed by atoms with Crippen LogP contribution in [0.5, 0.6) is 0 Å². The van der Waals surface area contributed by atoms with Gasteiger partial charge in [0, 0.05) is 20.2 Å². The third-order valence-electron chi connectivity index (χ3n) is 4.82. The molecular formula is C21H37NO4Si. The largest absolute Gasteiger partial charge is 0.467 e. The molecule has 0 fully saturated rings. The molecule has 154 valence electrons. The number of methoxy groups -OCH3 is 1. The zero-order valence-corrected chi connectivity index (χ0v) is 19.7. The average molecular weight is 396 g/mol. The lowest BCUT2D eigenvalue weighted by molar-refractivity contribution is -0.164. The molecule has 1 aliphatic rings. The summed E-state index contributed by atoms with van der Waals surface area (Å²) in [4.78, 5) is 12.7. The Bertz CT molecular complexity index is 687. The molecule has 1 aromatic rings. The van der Waals surface area contributed by atoms with Crippen molar-refractivity contribution < 1.29 is 19.4 Å². The van der Waals surface area contributed by atoms with Crippen molar-refractivity contribution in [1.82, 2.24) is 5.32 Å². The van der Waals surface area contributed by atoms with Gasteiger partial charge in [-0.3, -0.25) is 0 Å². The minimum absolute atomic E-state index is 0.317. The molecule has 2 rings (SSSR count). The highest BCUT2D eigenvalue weighted by atomic mass is 28.3. The lowest BCUT2D eigenvalue weighted by Gasteiger charge is -2.34. The summed E-state index contributed by atoms with van der Waals surface area (Å²) in [5.41, 5.74) is 5.83. The van der Waals surface area contributed by atoms with Crippen molar-refractivity contribution in [1.29, 1.82) is 0 Å². The second-order valence-electron chi connectivity index (χ2n) is 8.98. The molecule has 1 heterocycles. The number of carbonyl (C=O) groups excluding carboxylic acids is 1. The first-order valence-corrected chi connectivity index (χ1v) is 12.9. The van der Waals surface area contributed by atoms with E-state index in [-0.39, 0.29) is 5.97 Å². The summed E-state index contributed by atoms with van der Waals surface area (Å²) in [6.07, 6.45) is -0.684. The average Bonchev–Trinajstić information content (AvgIpc) is 3.05. The van der Waals surface area contributed by atoms with Crippen molar-refractivity contribution in [3.05, 3.63) is 27.8 Å². The number of aliphatic hydroxyl groups excluding tert-OH is 1. The van der Waals surface area contributed by atoms with Crippen LogP contribution in [-0.4, -0.2) is 39.0 Å². The van der Waals surface area contributed by atoms with E-state index < -0.39 is 19.8 Å². The van der Waals surface area contributed by atoms with Gasteiger partial charge in [-0.25, -0.2) is 4.79 Å². The quantitative estimate of drug-likeness (QED) is 0.606. The van der Waals surface area contributed by atoms with Crippen LogP contribution in [0.2, 0.25) is 19.6 Å². The second kappa shape index (κ2) is 8.86. The predicted octanol–water partition coefficient (Wildman–Crippen LogP) is 3.09. The Labute approximate surface area is 165 Å². The first-order valence-electron chi connectivity index (χ1n) is 9.45. The molecule has 1 atom stereocenters. The van der Waals surface area contributed by atoms with Crippen molar-refractivity contribution in [3.63, 3.8) is 0 Å². The van der Waals surface area contributed by atoms with Crippen molar-refractivity contribution >= 4 is 19.2 Å². The van der Waals surface area contributed by atoms with Gasteiger partial charge < -0.3 is 19.9 Å². The minimum atomic E-state index is -1.71. The molecule has 2 N–H and O–H groups in total. The van der Waals surface area contributed by atoms with Crippen LogP contribution < -0.4 is 10.5 Å². The Kier molecular flexibility index (Phi) is 7.82. The van der Waals surface area contributed by atoms with Crippen LogP contribution in [0.3, 0.4) is 0 Å². The first kappa shape index (κ1) is 23.8. The van der Waals surface area contributed by atoms with Crippen LogP contribution in [-0.2, 0) is 27.4 Å². The van der Waals surface area contributed by atoms with Gasteiger partial charge in [0.2, 0.25) is 0 Å². The summed E-state index contributed by atoms with van der Waals surface area (Å²) in [7, 11) is 0.728. The molecule has 0 amide bonds. The van der Waals surface area contributed by atoms with Crippen molar-refractivity contribution in [2.75, 3.05) is 14.2 Å². The maximum absolute atomic E-state index is 12.7. The highest BCUT2D eigenvalue weighted by Gasteiger charge is 2.37. The van der Waals surface area contributed by atoms with Gasteiger partial charge in [-0.05, 0) is 62.4 Å². The van der Waals surface area contributed by atoms with E-state index in [0.717, 1.165) is 25.8 Å². The molecule has 6 heteroatoms. The number of hydrogen-bond acceptors (Lipinski definition) is 5. The van der Waals surface area contributed by atoms with Crippen LogP contribution in [0.15, 0.2) is 0 Å². The Morgan fingerprint density at radius 2 is 1.56 bits per heavy atom. The Balaban J connectivity index is 0.00000176. The van der Waals surface area contributed by atoms with E-state index in [9.17, 15) is 4.79 Å². The predicted molar refractivity (Wildman–Crippen MR) is 113 cm³/mol. The SMILES string of the molecule is CO.COC(=O)[C@@H](OC(C)(C)C)c1c(C)c2c(c(C)c1[Si](C)(C)C)CNC2. The molecule has 0 aromatic heterocycles. The maximum Gasteiger partial charge on any atom is 0.339 e. The summed E-state index contributed by atoms with van der Waals surface area (Å²) in [6.45, 7) is 19.0. The number of hydrogen-bond donors (Lipinski definition) is 2. The van der Waals surface area contributed by atoms with Gasteiger partial charge in [-0.15, -0.1) is 0 Å². The van der Waals surface area contributed by atoms with Gasteiger partial charge >= 0.3 is 5.97 Å².